The topological polar surface area (TPSA) is 119 Å². The van der Waals surface area contributed by atoms with Gasteiger partial charge in [0.15, 0.2) is 17.2 Å². The Kier molecular flexibility index (Phi) is 6.65. The number of aromatic nitrogens is 2. The van der Waals surface area contributed by atoms with Crippen LogP contribution in [-0.2, 0) is 5.41 Å². The van der Waals surface area contributed by atoms with Crippen molar-refractivity contribution in [3.63, 3.8) is 0 Å². The van der Waals surface area contributed by atoms with E-state index in [1.165, 1.54) is 5.56 Å². The first-order valence-electron chi connectivity index (χ1n) is 19.2. The SMILES string of the molecule is N#Cc1ccc2c(c1)Oc1cc(C#N)ccc1N2c1cccc2c1Oc1ccccc1C21c2cccnc2-c2ncc(C3c4ccccc4-c4cc(C#N)ccc43)cc21. The van der Waals surface area contributed by atoms with Gasteiger partial charge in [-0.3, -0.25) is 14.9 Å². The predicted molar refractivity (Wildman–Crippen MR) is 221 cm³/mol. The molecule has 0 bridgehead atoms. The minimum Gasteiger partial charge on any atom is -0.454 e. The molecule has 59 heavy (non-hydrogen) atoms. The van der Waals surface area contributed by atoms with Gasteiger partial charge in [0.1, 0.15) is 5.75 Å². The average molecular weight is 755 g/mol. The molecule has 8 heteroatoms. The third kappa shape index (κ3) is 4.33. The maximum absolute atomic E-state index is 9.83. The molecule has 12 rings (SSSR count). The number of anilines is 3. The monoisotopic (exact) mass is 754 g/mol. The predicted octanol–water partition coefficient (Wildman–Crippen LogP) is 11.3. The van der Waals surface area contributed by atoms with Crippen LogP contribution in [0.3, 0.4) is 0 Å². The molecular weight excluding hydrogens is 729 g/mol. The molecule has 0 amide bonds. The van der Waals surface area contributed by atoms with Crippen molar-refractivity contribution in [3.8, 4) is 63.7 Å². The lowest BCUT2D eigenvalue weighted by Crippen LogP contribution is -2.33. The molecule has 0 saturated heterocycles. The van der Waals surface area contributed by atoms with E-state index in [-0.39, 0.29) is 5.92 Å². The zero-order valence-corrected chi connectivity index (χ0v) is 31.0. The van der Waals surface area contributed by atoms with E-state index in [1.807, 2.05) is 73.1 Å². The van der Waals surface area contributed by atoms with Gasteiger partial charge in [0.05, 0.1) is 68.8 Å². The lowest BCUT2D eigenvalue weighted by molar-refractivity contribution is 0.436. The Hall–Kier alpha value is -8.51. The molecule has 2 unspecified atom stereocenters. The van der Waals surface area contributed by atoms with E-state index in [9.17, 15) is 15.8 Å². The van der Waals surface area contributed by atoms with Crippen molar-refractivity contribution >= 4 is 17.1 Å². The van der Waals surface area contributed by atoms with Crippen molar-refractivity contribution in [1.29, 1.82) is 15.8 Å². The summed E-state index contributed by atoms with van der Waals surface area (Å²) in [4.78, 5) is 12.4. The highest BCUT2D eigenvalue weighted by Crippen LogP contribution is 2.65. The summed E-state index contributed by atoms with van der Waals surface area (Å²) in [7, 11) is 0. The number of ether oxygens (including phenoxy) is 2. The summed E-state index contributed by atoms with van der Waals surface area (Å²) in [5, 5.41) is 29.5. The molecule has 0 fully saturated rings. The first-order chi connectivity index (χ1) is 29.1. The minimum absolute atomic E-state index is 0.112. The first-order valence-corrected chi connectivity index (χ1v) is 19.2. The Balaban J connectivity index is 1.14. The van der Waals surface area contributed by atoms with Gasteiger partial charge in [-0.15, -0.1) is 0 Å². The highest BCUT2D eigenvalue weighted by molar-refractivity contribution is 5.93. The third-order valence-corrected chi connectivity index (χ3v) is 12.2. The summed E-state index contributed by atoms with van der Waals surface area (Å²) in [6.45, 7) is 0. The molecule has 2 aliphatic heterocycles. The number of para-hydroxylation sites is 2. The Morgan fingerprint density at radius 1 is 0.508 bits per heavy atom. The number of hydrogen-bond acceptors (Lipinski definition) is 8. The van der Waals surface area contributed by atoms with Crippen LogP contribution in [0, 0.1) is 34.0 Å². The second-order valence-electron chi connectivity index (χ2n) is 15.0. The van der Waals surface area contributed by atoms with E-state index in [1.54, 1.807) is 24.3 Å². The van der Waals surface area contributed by atoms with Gasteiger partial charge in [-0.05, 0) is 94.0 Å². The molecular formula is C51H26N6O2. The van der Waals surface area contributed by atoms with Gasteiger partial charge in [-0.25, -0.2) is 0 Å². The van der Waals surface area contributed by atoms with Crippen LogP contribution in [0.15, 0.2) is 152 Å². The number of fused-ring (bicyclic) bond motifs is 14. The molecule has 4 aliphatic rings. The van der Waals surface area contributed by atoms with Crippen LogP contribution in [0.2, 0.25) is 0 Å². The van der Waals surface area contributed by atoms with E-state index in [2.05, 4.69) is 77.7 Å². The molecule has 4 heterocycles. The average Bonchev–Trinajstić information content (AvgIpc) is 3.77. The van der Waals surface area contributed by atoms with Gasteiger partial charge in [0, 0.05) is 47.1 Å². The lowest BCUT2D eigenvalue weighted by Gasteiger charge is -2.41. The van der Waals surface area contributed by atoms with Crippen LogP contribution in [0.25, 0.3) is 22.5 Å². The quantitative estimate of drug-likeness (QED) is 0.171. The zero-order valence-electron chi connectivity index (χ0n) is 31.0. The molecule has 1 spiro atoms. The van der Waals surface area contributed by atoms with Crippen molar-refractivity contribution < 1.29 is 9.47 Å². The summed E-state index contributed by atoms with van der Waals surface area (Å²) < 4.78 is 13.5. The smallest absolute Gasteiger partial charge is 0.156 e. The van der Waals surface area contributed by atoms with Crippen LogP contribution in [0.4, 0.5) is 17.1 Å². The highest BCUT2D eigenvalue weighted by Gasteiger charge is 2.53. The summed E-state index contributed by atoms with van der Waals surface area (Å²) in [6.07, 6.45) is 3.81. The molecule has 8 aromatic rings. The van der Waals surface area contributed by atoms with E-state index in [4.69, 9.17) is 19.4 Å². The number of rotatable bonds is 2. The van der Waals surface area contributed by atoms with E-state index in [0.29, 0.717) is 39.7 Å². The van der Waals surface area contributed by atoms with E-state index >= 15 is 0 Å². The summed E-state index contributed by atoms with van der Waals surface area (Å²) in [5.74, 6) is 2.22. The van der Waals surface area contributed by atoms with Crippen molar-refractivity contribution in [2.45, 2.75) is 11.3 Å². The second-order valence-corrected chi connectivity index (χ2v) is 15.0. The fraction of sp³-hybridized carbons (Fsp3) is 0.0392. The van der Waals surface area contributed by atoms with Crippen molar-refractivity contribution in [3.05, 3.63) is 208 Å². The van der Waals surface area contributed by atoms with E-state index < -0.39 is 5.41 Å². The Morgan fingerprint density at radius 3 is 1.97 bits per heavy atom. The Bertz CT molecular complexity index is 3250. The van der Waals surface area contributed by atoms with Crippen LogP contribution >= 0.6 is 0 Å². The van der Waals surface area contributed by atoms with Gasteiger partial charge < -0.3 is 9.47 Å². The van der Waals surface area contributed by atoms with Crippen LogP contribution in [0.1, 0.15) is 61.6 Å². The van der Waals surface area contributed by atoms with Crippen molar-refractivity contribution in [2.75, 3.05) is 4.90 Å². The standard InChI is InChI=1S/C51H26N6O2/c52-25-29-14-17-35-36(21-29)33-7-1-2-8-34(33)47(35)32-24-40-49(56-28-32)48-38(11-6-20-55-48)51(40)37-9-3-4-13-44(37)59-50-39(51)10-5-12-43(50)57-41-18-15-30(26-53)22-45(41)58-46-23-31(27-54)16-19-42(46)57/h1-24,28,47H. The van der Waals surface area contributed by atoms with Gasteiger partial charge in [0.25, 0.3) is 0 Å². The number of nitrogens with zero attached hydrogens (tertiary/aromatic N) is 6. The zero-order chi connectivity index (χ0) is 39.4. The fourth-order valence-corrected chi connectivity index (χ4v) is 9.80. The van der Waals surface area contributed by atoms with Gasteiger partial charge in [0.2, 0.25) is 0 Å². The normalized spacial score (nSPS) is 16.6. The molecule has 2 aromatic heterocycles. The van der Waals surface area contributed by atoms with Crippen LogP contribution in [0.5, 0.6) is 23.0 Å². The van der Waals surface area contributed by atoms with Crippen LogP contribution < -0.4 is 14.4 Å². The molecule has 2 atom stereocenters. The number of benzene rings is 6. The number of nitriles is 3. The Morgan fingerprint density at radius 2 is 1.17 bits per heavy atom. The molecule has 0 radical (unpaired) electrons. The maximum Gasteiger partial charge on any atom is 0.156 e. The van der Waals surface area contributed by atoms with Gasteiger partial charge in [-0.2, -0.15) is 15.8 Å². The molecule has 2 aliphatic carbocycles. The van der Waals surface area contributed by atoms with Crippen LogP contribution in [-0.4, -0.2) is 9.97 Å². The highest BCUT2D eigenvalue weighted by atomic mass is 16.5. The molecule has 272 valence electrons. The third-order valence-electron chi connectivity index (χ3n) is 12.2. The van der Waals surface area contributed by atoms with Gasteiger partial charge in [-0.1, -0.05) is 66.7 Å². The second kappa shape index (κ2) is 12.0. The van der Waals surface area contributed by atoms with Gasteiger partial charge >= 0.3 is 0 Å². The Labute approximate surface area is 338 Å². The lowest BCUT2D eigenvalue weighted by atomic mass is 9.66. The van der Waals surface area contributed by atoms with Crippen molar-refractivity contribution in [2.24, 2.45) is 0 Å². The summed E-state index contributed by atoms with van der Waals surface area (Å²) in [5.41, 5.74) is 13.9. The fourth-order valence-electron chi connectivity index (χ4n) is 9.80. The number of pyridine rings is 2. The van der Waals surface area contributed by atoms with Crippen molar-refractivity contribution in [1.82, 2.24) is 9.97 Å². The molecule has 0 saturated carbocycles. The summed E-state index contributed by atoms with van der Waals surface area (Å²) in [6, 6.07) is 52.8. The molecule has 0 N–H and O–H groups in total. The molecule has 8 nitrogen and oxygen atoms in total. The van der Waals surface area contributed by atoms with E-state index in [0.717, 1.165) is 73.0 Å². The summed E-state index contributed by atoms with van der Waals surface area (Å²) >= 11 is 0. The minimum atomic E-state index is -0.888. The first kappa shape index (κ1) is 32.7. The number of hydrogen-bond donors (Lipinski definition) is 0. The maximum atomic E-state index is 9.83. The molecule has 6 aromatic carbocycles. The largest absolute Gasteiger partial charge is 0.454 e.